The normalized spacial score (nSPS) is 12.2. The maximum absolute atomic E-state index is 12.9. The van der Waals surface area contributed by atoms with Gasteiger partial charge in [0.05, 0.1) is 6.04 Å². The van der Waals surface area contributed by atoms with Gasteiger partial charge < -0.3 is 10.3 Å². The van der Waals surface area contributed by atoms with Crippen molar-refractivity contribution in [2.45, 2.75) is 12.2 Å². The van der Waals surface area contributed by atoms with Crippen molar-refractivity contribution < 1.29 is 18.0 Å². The number of hydrogen-bond donors (Lipinski definition) is 2. The van der Waals surface area contributed by atoms with Gasteiger partial charge in [-0.25, -0.2) is 0 Å². The first kappa shape index (κ1) is 22.0. The van der Waals surface area contributed by atoms with Gasteiger partial charge in [0, 0.05) is 12.4 Å². The lowest BCUT2D eigenvalue weighted by Gasteiger charge is -2.20. The van der Waals surface area contributed by atoms with E-state index in [0.717, 1.165) is 28.3 Å². The van der Waals surface area contributed by atoms with Gasteiger partial charge in [0.2, 0.25) is 0 Å². The number of carbonyl (C=O) groups excluding carboxylic acids is 1. The van der Waals surface area contributed by atoms with Crippen LogP contribution < -0.4 is 10.9 Å². The molecule has 1 amide bonds. The standard InChI is InChI=1S/C25H18F3N3O2/c26-25(27,28)21-13-12-20(23(32)30-21)24(33)31-22(17-5-2-1-3-6-17)18-10-8-16(9-11-18)19-7-4-14-29-15-19/h1-15,22H,(H,30,32)(H,31,33). The first-order chi connectivity index (χ1) is 15.8. The summed E-state index contributed by atoms with van der Waals surface area (Å²) in [7, 11) is 0. The zero-order chi connectivity index (χ0) is 23.4. The predicted octanol–water partition coefficient (Wildman–Crippen LogP) is 4.98. The van der Waals surface area contributed by atoms with E-state index in [0.29, 0.717) is 6.07 Å². The summed E-state index contributed by atoms with van der Waals surface area (Å²) in [6.45, 7) is 0. The number of halogens is 3. The Morgan fingerprint density at radius 2 is 1.55 bits per heavy atom. The maximum atomic E-state index is 12.9. The molecule has 8 heteroatoms. The third-order valence-electron chi connectivity index (χ3n) is 5.11. The first-order valence-electron chi connectivity index (χ1n) is 9.99. The van der Waals surface area contributed by atoms with Gasteiger partial charge in [-0.05, 0) is 40.5 Å². The van der Waals surface area contributed by atoms with Crippen LogP contribution in [0, 0.1) is 0 Å². The Morgan fingerprint density at radius 3 is 2.15 bits per heavy atom. The Labute approximate surface area is 187 Å². The van der Waals surface area contributed by atoms with E-state index in [2.05, 4.69) is 10.3 Å². The molecular weight excluding hydrogens is 431 g/mol. The molecule has 0 aliphatic heterocycles. The molecule has 0 saturated carbocycles. The van der Waals surface area contributed by atoms with Crippen LogP contribution >= 0.6 is 0 Å². The van der Waals surface area contributed by atoms with Crippen LogP contribution in [0.2, 0.25) is 0 Å². The Bertz CT molecular complexity index is 1300. The number of amides is 1. The zero-order valence-electron chi connectivity index (χ0n) is 17.1. The van der Waals surface area contributed by atoms with E-state index in [4.69, 9.17) is 0 Å². The van der Waals surface area contributed by atoms with E-state index in [9.17, 15) is 22.8 Å². The lowest BCUT2D eigenvalue weighted by atomic mass is 9.96. The number of aromatic nitrogens is 2. The molecule has 1 unspecified atom stereocenters. The monoisotopic (exact) mass is 449 g/mol. The molecule has 166 valence electrons. The summed E-state index contributed by atoms with van der Waals surface area (Å²) < 4.78 is 38.5. The molecule has 4 rings (SSSR count). The van der Waals surface area contributed by atoms with Gasteiger partial charge in [-0.15, -0.1) is 0 Å². The molecule has 2 heterocycles. The maximum Gasteiger partial charge on any atom is 0.431 e. The van der Waals surface area contributed by atoms with Crippen molar-refractivity contribution >= 4 is 5.91 Å². The summed E-state index contributed by atoms with van der Waals surface area (Å²) in [4.78, 5) is 30.8. The van der Waals surface area contributed by atoms with E-state index < -0.39 is 34.9 Å². The smallest absolute Gasteiger partial charge is 0.341 e. The second-order valence-electron chi connectivity index (χ2n) is 7.29. The highest BCUT2D eigenvalue weighted by Gasteiger charge is 2.32. The van der Waals surface area contributed by atoms with Crippen molar-refractivity contribution in [2.75, 3.05) is 0 Å². The zero-order valence-corrected chi connectivity index (χ0v) is 17.1. The second-order valence-corrected chi connectivity index (χ2v) is 7.29. The SMILES string of the molecule is O=C(NC(c1ccccc1)c1ccc(-c2cccnc2)cc1)c1ccc(C(F)(F)F)[nH]c1=O. The number of benzene rings is 2. The highest BCUT2D eigenvalue weighted by Crippen LogP contribution is 2.27. The van der Waals surface area contributed by atoms with Crippen molar-refractivity contribution in [2.24, 2.45) is 0 Å². The summed E-state index contributed by atoms with van der Waals surface area (Å²) in [5.41, 5.74) is 0.630. The van der Waals surface area contributed by atoms with Crippen molar-refractivity contribution in [3.05, 3.63) is 124 Å². The fraction of sp³-hybridized carbons (Fsp3) is 0.0800. The summed E-state index contributed by atoms with van der Waals surface area (Å²) in [6, 6.07) is 21.2. The molecule has 1 atom stereocenters. The predicted molar refractivity (Wildman–Crippen MR) is 117 cm³/mol. The van der Waals surface area contributed by atoms with Crippen LogP contribution in [0.5, 0.6) is 0 Å². The molecule has 0 aliphatic carbocycles. The number of H-pyrrole nitrogens is 1. The van der Waals surface area contributed by atoms with Crippen LogP contribution in [0.1, 0.15) is 33.2 Å². The number of carbonyl (C=O) groups is 1. The summed E-state index contributed by atoms with van der Waals surface area (Å²) in [6.07, 6.45) is -1.29. The largest absolute Gasteiger partial charge is 0.431 e. The van der Waals surface area contributed by atoms with Gasteiger partial charge in [-0.1, -0.05) is 60.7 Å². The number of hydrogen-bond acceptors (Lipinski definition) is 3. The Kier molecular flexibility index (Phi) is 6.08. The molecule has 0 saturated heterocycles. The van der Waals surface area contributed by atoms with Crippen LogP contribution in [0.15, 0.2) is 96.1 Å². The second kappa shape index (κ2) is 9.12. The van der Waals surface area contributed by atoms with Gasteiger partial charge in [0.25, 0.3) is 11.5 Å². The lowest BCUT2D eigenvalue weighted by molar-refractivity contribution is -0.141. The Hall–Kier alpha value is -4.20. The Balaban J connectivity index is 1.65. The number of alkyl halides is 3. The number of nitrogens with zero attached hydrogens (tertiary/aromatic N) is 1. The van der Waals surface area contributed by atoms with Crippen molar-refractivity contribution in [3.8, 4) is 11.1 Å². The highest BCUT2D eigenvalue weighted by atomic mass is 19.4. The van der Waals surface area contributed by atoms with Crippen LogP contribution in [-0.2, 0) is 6.18 Å². The van der Waals surface area contributed by atoms with Crippen molar-refractivity contribution in [1.29, 1.82) is 0 Å². The highest BCUT2D eigenvalue weighted by molar-refractivity contribution is 5.94. The number of pyridine rings is 2. The molecule has 0 aliphatic rings. The molecule has 2 aromatic carbocycles. The average Bonchev–Trinajstić information content (AvgIpc) is 2.83. The minimum atomic E-state index is -4.71. The number of aromatic amines is 1. The van der Waals surface area contributed by atoms with Crippen LogP contribution in [0.25, 0.3) is 11.1 Å². The lowest BCUT2D eigenvalue weighted by Crippen LogP contribution is -2.34. The van der Waals surface area contributed by atoms with E-state index >= 15 is 0 Å². The van der Waals surface area contributed by atoms with Gasteiger partial charge >= 0.3 is 6.18 Å². The minimum Gasteiger partial charge on any atom is -0.341 e. The average molecular weight is 449 g/mol. The van der Waals surface area contributed by atoms with Gasteiger partial charge in [0.15, 0.2) is 0 Å². The van der Waals surface area contributed by atoms with E-state index in [1.807, 2.05) is 66.7 Å². The van der Waals surface area contributed by atoms with Gasteiger partial charge in [-0.2, -0.15) is 13.2 Å². The Morgan fingerprint density at radius 1 is 0.848 bits per heavy atom. The third kappa shape index (κ3) is 5.01. The number of nitrogens with one attached hydrogen (secondary N) is 2. The van der Waals surface area contributed by atoms with Gasteiger partial charge in [-0.3, -0.25) is 14.6 Å². The summed E-state index contributed by atoms with van der Waals surface area (Å²) >= 11 is 0. The van der Waals surface area contributed by atoms with Crippen LogP contribution in [0.3, 0.4) is 0 Å². The van der Waals surface area contributed by atoms with E-state index in [1.54, 1.807) is 17.4 Å². The molecule has 4 aromatic rings. The molecular formula is C25H18F3N3O2. The third-order valence-corrected chi connectivity index (χ3v) is 5.11. The fourth-order valence-electron chi connectivity index (χ4n) is 3.43. The van der Waals surface area contributed by atoms with Gasteiger partial charge in [0.1, 0.15) is 11.3 Å². The quantitative estimate of drug-likeness (QED) is 0.452. The molecule has 0 spiro atoms. The molecule has 0 bridgehead atoms. The molecule has 2 aromatic heterocycles. The fourth-order valence-corrected chi connectivity index (χ4v) is 3.43. The molecule has 0 fully saturated rings. The topological polar surface area (TPSA) is 74.8 Å². The van der Waals surface area contributed by atoms with E-state index in [1.165, 1.54) is 0 Å². The first-order valence-corrected chi connectivity index (χ1v) is 9.99. The molecule has 2 N–H and O–H groups in total. The summed E-state index contributed by atoms with van der Waals surface area (Å²) in [5, 5.41) is 2.77. The van der Waals surface area contributed by atoms with E-state index in [-0.39, 0.29) is 0 Å². The van der Waals surface area contributed by atoms with Crippen molar-refractivity contribution in [3.63, 3.8) is 0 Å². The minimum absolute atomic E-state index is 0.407. The van der Waals surface area contributed by atoms with Crippen LogP contribution in [0.4, 0.5) is 13.2 Å². The van der Waals surface area contributed by atoms with Crippen molar-refractivity contribution in [1.82, 2.24) is 15.3 Å². The summed E-state index contributed by atoms with van der Waals surface area (Å²) in [5.74, 6) is -0.782. The molecule has 5 nitrogen and oxygen atoms in total. The van der Waals surface area contributed by atoms with Crippen LogP contribution in [-0.4, -0.2) is 15.9 Å². The molecule has 33 heavy (non-hydrogen) atoms. The number of rotatable bonds is 5. The molecule has 0 radical (unpaired) electrons.